The lowest BCUT2D eigenvalue weighted by molar-refractivity contribution is 0.0878. The predicted octanol–water partition coefficient (Wildman–Crippen LogP) is 2.34. The monoisotopic (exact) mass is 196 g/mol. The first-order valence-electron chi connectivity index (χ1n) is 5.48. The fourth-order valence-electron chi connectivity index (χ4n) is 2.73. The molecule has 0 N–H and O–H groups in total. The Labute approximate surface area is 83.5 Å². The van der Waals surface area contributed by atoms with Crippen LogP contribution < -0.4 is 0 Å². The van der Waals surface area contributed by atoms with Crippen molar-refractivity contribution in [1.29, 1.82) is 0 Å². The van der Waals surface area contributed by atoms with Crippen molar-refractivity contribution in [2.24, 2.45) is 5.92 Å². The summed E-state index contributed by atoms with van der Waals surface area (Å²) in [5.41, 5.74) is 4.12. The second kappa shape index (κ2) is 3.58. The lowest BCUT2D eigenvalue weighted by atomic mass is 9.98. The van der Waals surface area contributed by atoms with Gasteiger partial charge in [0, 0.05) is 0 Å². The first kappa shape index (κ1) is 9.47. The highest BCUT2D eigenvalue weighted by Gasteiger charge is 2.44. The second-order valence-corrected chi connectivity index (χ2v) is 5.95. The van der Waals surface area contributed by atoms with Crippen molar-refractivity contribution >= 4 is 9.76 Å². The average Bonchev–Trinajstić information content (AvgIpc) is 2.62. The van der Waals surface area contributed by atoms with Crippen LogP contribution in [-0.4, -0.2) is 15.4 Å². The number of allylic oxidation sites excluding steroid dienone is 1. The highest BCUT2D eigenvalue weighted by molar-refractivity contribution is 6.34. The second-order valence-electron chi connectivity index (χ2n) is 4.92. The van der Waals surface area contributed by atoms with E-state index < -0.39 is 0 Å². The summed E-state index contributed by atoms with van der Waals surface area (Å²) in [6.45, 7) is 4.33. The maximum absolute atomic E-state index is 6.15. The van der Waals surface area contributed by atoms with E-state index in [1.54, 1.807) is 0 Å². The Balaban J connectivity index is 1.84. The van der Waals surface area contributed by atoms with E-state index in [0.717, 1.165) is 5.92 Å². The van der Waals surface area contributed by atoms with Gasteiger partial charge in [0.1, 0.15) is 0 Å². The first-order valence-corrected chi connectivity index (χ1v) is 6.87. The van der Waals surface area contributed by atoms with Crippen LogP contribution in [0.1, 0.15) is 46.0 Å². The van der Waals surface area contributed by atoms with E-state index in [4.69, 9.17) is 4.43 Å². The van der Waals surface area contributed by atoms with Gasteiger partial charge in [-0.2, -0.15) is 0 Å². The van der Waals surface area contributed by atoms with Crippen molar-refractivity contribution in [1.82, 2.24) is 0 Å². The fourth-order valence-corrected chi connectivity index (χ4v) is 3.90. The van der Waals surface area contributed by atoms with Crippen LogP contribution in [0.4, 0.5) is 0 Å². The van der Waals surface area contributed by atoms with E-state index in [-0.39, 0.29) is 9.76 Å². The van der Waals surface area contributed by atoms with Gasteiger partial charge in [-0.3, -0.25) is 0 Å². The van der Waals surface area contributed by atoms with Crippen molar-refractivity contribution in [3.05, 3.63) is 11.3 Å². The van der Waals surface area contributed by atoms with E-state index in [0.29, 0.717) is 5.60 Å². The van der Waals surface area contributed by atoms with E-state index in [2.05, 4.69) is 19.5 Å². The maximum Gasteiger partial charge on any atom is 0.185 e. The van der Waals surface area contributed by atoms with Crippen LogP contribution in [0.3, 0.4) is 0 Å². The standard InChI is InChI=1S/C11H20OSi/c1-9(2)8-13-12-11-5-3-10(7-11)4-6-11/h8,10H,3-7,13H2,1-2H3. The van der Waals surface area contributed by atoms with Gasteiger partial charge < -0.3 is 4.43 Å². The van der Waals surface area contributed by atoms with Crippen LogP contribution in [0.5, 0.6) is 0 Å². The molecule has 2 fully saturated rings. The minimum absolute atomic E-state index is 0.364. The third kappa shape index (κ3) is 2.05. The molecule has 0 aromatic heterocycles. The minimum atomic E-state index is -0.369. The SMILES string of the molecule is CC(C)=C[SiH2]OC12CCC(CC1)C2. The Hall–Kier alpha value is -0.0831. The van der Waals surface area contributed by atoms with Crippen molar-refractivity contribution < 1.29 is 4.43 Å². The van der Waals surface area contributed by atoms with Gasteiger partial charge in [-0.05, 0) is 51.9 Å². The van der Waals surface area contributed by atoms with Gasteiger partial charge in [0.2, 0.25) is 0 Å². The van der Waals surface area contributed by atoms with E-state index in [1.165, 1.54) is 37.7 Å². The molecule has 0 amide bonds. The van der Waals surface area contributed by atoms with E-state index in [9.17, 15) is 0 Å². The van der Waals surface area contributed by atoms with Crippen LogP contribution in [0.15, 0.2) is 11.3 Å². The molecule has 0 radical (unpaired) electrons. The number of rotatable bonds is 3. The smallest absolute Gasteiger partial charge is 0.185 e. The summed E-state index contributed by atoms with van der Waals surface area (Å²) in [7, 11) is -0.369. The van der Waals surface area contributed by atoms with Gasteiger partial charge in [-0.25, -0.2) is 0 Å². The predicted molar refractivity (Wildman–Crippen MR) is 58.4 cm³/mol. The summed E-state index contributed by atoms with van der Waals surface area (Å²) in [6, 6.07) is 0. The van der Waals surface area contributed by atoms with Crippen molar-refractivity contribution in [3.63, 3.8) is 0 Å². The molecule has 0 atom stereocenters. The summed E-state index contributed by atoms with van der Waals surface area (Å²) in [6.07, 6.45) is 6.94. The molecule has 0 aromatic carbocycles. The fraction of sp³-hybridized carbons (Fsp3) is 0.818. The molecular formula is C11H20OSi. The molecule has 0 heterocycles. The zero-order chi connectivity index (χ0) is 9.31. The molecule has 0 saturated heterocycles. The van der Waals surface area contributed by atoms with Gasteiger partial charge in [0.25, 0.3) is 0 Å². The van der Waals surface area contributed by atoms with Gasteiger partial charge in [-0.15, -0.1) is 0 Å². The first-order chi connectivity index (χ1) is 6.20. The highest BCUT2D eigenvalue weighted by Crippen LogP contribution is 2.49. The molecule has 2 heteroatoms. The average molecular weight is 196 g/mol. The molecule has 0 unspecified atom stereocenters. The molecule has 1 nitrogen and oxygen atoms in total. The van der Waals surface area contributed by atoms with Crippen LogP contribution in [0.25, 0.3) is 0 Å². The Bertz CT molecular complexity index is 210. The van der Waals surface area contributed by atoms with Crippen LogP contribution in [0.2, 0.25) is 0 Å². The lowest BCUT2D eigenvalue weighted by Crippen LogP contribution is -2.28. The number of hydrogen-bond donors (Lipinski definition) is 0. The Morgan fingerprint density at radius 3 is 2.54 bits per heavy atom. The number of hydrogen-bond acceptors (Lipinski definition) is 1. The third-order valence-corrected chi connectivity index (χ3v) is 5.32. The van der Waals surface area contributed by atoms with Gasteiger partial charge in [-0.1, -0.05) is 11.3 Å². The molecule has 2 bridgehead atoms. The molecule has 2 aliphatic rings. The quantitative estimate of drug-likeness (QED) is 0.630. The Morgan fingerprint density at radius 2 is 2.08 bits per heavy atom. The summed E-state index contributed by atoms with van der Waals surface area (Å²) >= 11 is 0. The molecular weight excluding hydrogens is 176 g/mol. The summed E-state index contributed by atoms with van der Waals surface area (Å²) in [4.78, 5) is 0. The molecule has 0 spiro atoms. The van der Waals surface area contributed by atoms with Gasteiger partial charge >= 0.3 is 0 Å². The molecule has 2 saturated carbocycles. The van der Waals surface area contributed by atoms with Crippen LogP contribution in [0, 0.1) is 5.92 Å². The molecule has 0 aromatic rings. The van der Waals surface area contributed by atoms with Gasteiger partial charge in [0.15, 0.2) is 9.76 Å². The maximum atomic E-state index is 6.15. The summed E-state index contributed by atoms with van der Waals surface area (Å²) in [5, 5.41) is 0. The Kier molecular flexibility index (Phi) is 2.61. The van der Waals surface area contributed by atoms with Crippen molar-refractivity contribution in [2.45, 2.75) is 51.6 Å². The molecule has 13 heavy (non-hydrogen) atoms. The molecule has 2 rings (SSSR count). The topological polar surface area (TPSA) is 9.23 Å². The van der Waals surface area contributed by atoms with E-state index in [1.807, 2.05) is 0 Å². The van der Waals surface area contributed by atoms with Gasteiger partial charge in [0.05, 0.1) is 5.60 Å². The van der Waals surface area contributed by atoms with Crippen molar-refractivity contribution in [2.75, 3.05) is 0 Å². The Morgan fingerprint density at radius 1 is 1.38 bits per heavy atom. The molecule has 0 aliphatic heterocycles. The largest absolute Gasteiger partial charge is 0.414 e. The summed E-state index contributed by atoms with van der Waals surface area (Å²) in [5.74, 6) is 1.01. The zero-order valence-corrected chi connectivity index (χ0v) is 10.2. The molecule has 2 aliphatic carbocycles. The minimum Gasteiger partial charge on any atom is -0.414 e. The number of fused-ring (bicyclic) bond motifs is 2. The van der Waals surface area contributed by atoms with Crippen LogP contribution in [-0.2, 0) is 4.43 Å². The van der Waals surface area contributed by atoms with Crippen molar-refractivity contribution in [3.8, 4) is 0 Å². The highest BCUT2D eigenvalue weighted by atomic mass is 28.2. The van der Waals surface area contributed by atoms with Crippen LogP contribution >= 0.6 is 0 Å². The zero-order valence-electron chi connectivity index (χ0n) is 8.81. The van der Waals surface area contributed by atoms with E-state index >= 15 is 0 Å². The molecule has 74 valence electrons. The lowest BCUT2D eigenvalue weighted by Gasteiger charge is -2.26. The third-order valence-electron chi connectivity index (χ3n) is 3.56. The summed E-state index contributed by atoms with van der Waals surface area (Å²) < 4.78 is 6.15. The normalized spacial score (nSPS) is 37.5.